The van der Waals surface area contributed by atoms with Crippen LogP contribution in [0.3, 0.4) is 0 Å². The highest BCUT2D eigenvalue weighted by Crippen LogP contribution is 2.30. The SMILES string of the molecule is CC(C)COc1nc(Sc2ncns2)ccc1N. The fourth-order valence-corrected chi connectivity index (χ4v) is 2.51. The minimum absolute atomic E-state index is 0.436. The number of rotatable bonds is 5. The highest BCUT2D eigenvalue weighted by Gasteiger charge is 2.08. The molecule has 0 radical (unpaired) electrons. The van der Waals surface area contributed by atoms with E-state index in [9.17, 15) is 0 Å². The first kappa shape index (κ1) is 13.1. The minimum atomic E-state index is 0.436. The molecule has 7 heteroatoms. The maximum Gasteiger partial charge on any atom is 0.238 e. The van der Waals surface area contributed by atoms with Crippen molar-refractivity contribution in [1.29, 1.82) is 0 Å². The Kier molecular flexibility index (Phi) is 4.38. The predicted molar refractivity (Wildman–Crippen MR) is 73.0 cm³/mol. The predicted octanol–water partition coefficient (Wildman–Crippen LogP) is 2.70. The van der Waals surface area contributed by atoms with Crippen LogP contribution in [0.5, 0.6) is 5.88 Å². The Morgan fingerprint density at radius 3 is 2.94 bits per heavy atom. The molecule has 2 aromatic rings. The third-order valence-electron chi connectivity index (χ3n) is 1.95. The lowest BCUT2D eigenvalue weighted by Crippen LogP contribution is -2.07. The summed E-state index contributed by atoms with van der Waals surface area (Å²) in [5.74, 6) is 0.920. The Hall–Kier alpha value is -1.34. The molecule has 0 saturated heterocycles. The molecule has 0 aliphatic heterocycles. The summed E-state index contributed by atoms with van der Waals surface area (Å²) in [6.07, 6.45) is 1.53. The minimum Gasteiger partial charge on any atom is -0.476 e. The van der Waals surface area contributed by atoms with E-state index in [-0.39, 0.29) is 0 Å². The van der Waals surface area contributed by atoms with E-state index < -0.39 is 0 Å². The van der Waals surface area contributed by atoms with E-state index in [0.717, 1.165) is 9.37 Å². The third kappa shape index (κ3) is 3.58. The number of hydrogen-bond donors (Lipinski definition) is 1. The normalized spacial score (nSPS) is 10.8. The summed E-state index contributed by atoms with van der Waals surface area (Å²) in [7, 11) is 0. The molecule has 0 unspecified atom stereocenters. The molecule has 5 nitrogen and oxygen atoms in total. The highest BCUT2D eigenvalue weighted by molar-refractivity contribution is 8.00. The van der Waals surface area contributed by atoms with E-state index in [1.165, 1.54) is 29.6 Å². The molecule has 96 valence electrons. The van der Waals surface area contributed by atoms with Crippen molar-refractivity contribution in [3.63, 3.8) is 0 Å². The zero-order valence-corrected chi connectivity index (χ0v) is 11.8. The van der Waals surface area contributed by atoms with Crippen LogP contribution in [0.15, 0.2) is 27.8 Å². The van der Waals surface area contributed by atoms with Crippen LogP contribution in [0, 0.1) is 5.92 Å². The molecule has 0 aliphatic rings. The third-order valence-corrected chi connectivity index (χ3v) is 3.60. The van der Waals surface area contributed by atoms with Crippen LogP contribution in [0.25, 0.3) is 0 Å². The summed E-state index contributed by atoms with van der Waals surface area (Å²) in [6, 6.07) is 3.65. The fourth-order valence-electron chi connectivity index (χ4n) is 1.15. The maximum atomic E-state index is 5.83. The molecule has 0 amide bonds. The molecule has 0 fully saturated rings. The van der Waals surface area contributed by atoms with Gasteiger partial charge in [-0.1, -0.05) is 13.8 Å². The summed E-state index contributed by atoms with van der Waals surface area (Å²) >= 11 is 2.79. The van der Waals surface area contributed by atoms with Crippen LogP contribution < -0.4 is 10.5 Å². The molecule has 0 aliphatic carbocycles. The first-order chi connectivity index (χ1) is 8.65. The molecule has 2 N–H and O–H groups in total. The largest absolute Gasteiger partial charge is 0.476 e. The van der Waals surface area contributed by atoms with E-state index in [0.29, 0.717) is 24.1 Å². The first-order valence-corrected chi connectivity index (χ1v) is 7.08. The van der Waals surface area contributed by atoms with Crippen molar-refractivity contribution in [3.8, 4) is 5.88 Å². The van der Waals surface area contributed by atoms with Crippen LogP contribution in [-0.2, 0) is 0 Å². The van der Waals surface area contributed by atoms with Crippen molar-refractivity contribution in [2.75, 3.05) is 12.3 Å². The number of pyridine rings is 1. The van der Waals surface area contributed by atoms with Crippen molar-refractivity contribution in [2.45, 2.75) is 23.2 Å². The van der Waals surface area contributed by atoms with Gasteiger partial charge in [-0.2, -0.15) is 4.37 Å². The quantitative estimate of drug-likeness (QED) is 0.909. The molecule has 0 atom stereocenters. The van der Waals surface area contributed by atoms with Crippen LogP contribution in [-0.4, -0.2) is 20.9 Å². The van der Waals surface area contributed by atoms with Gasteiger partial charge in [0.15, 0.2) is 4.34 Å². The van der Waals surface area contributed by atoms with Gasteiger partial charge in [-0.3, -0.25) is 0 Å². The van der Waals surface area contributed by atoms with Gasteiger partial charge in [0, 0.05) is 0 Å². The molecule has 0 aromatic carbocycles. The number of aromatic nitrogens is 3. The maximum absolute atomic E-state index is 5.83. The standard InChI is InChI=1S/C11H14N4OS2/c1-7(2)5-16-10-8(12)3-4-9(15-10)17-11-13-6-14-18-11/h3-4,6-7H,5,12H2,1-2H3. The van der Waals surface area contributed by atoms with Crippen molar-refractivity contribution in [3.05, 3.63) is 18.5 Å². The molecule has 0 bridgehead atoms. The topological polar surface area (TPSA) is 73.9 Å². The summed E-state index contributed by atoms with van der Waals surface area (Å²) in [6.45, 7) is 4.76. The summed E-state index contributed by atoms with van der Waals surface area (Å²) < 4.78 is 10.4. The van der Waals surface area contributed by atoms with Gasteiger partial charge in [0.25, 0.3) is 0 Å². The van der Waals surface area contributed by atoms with E-state index in [1.54, 1.807) is 6.07 Å². The Morgan fingerprint density at radius 2 is 2.28 bits per heavy atom. The Bertz CT molecular complexity index is 502. The van der Waals surface area contributed by atoms with E-state index in [1.807, 2.05) is 6.07 Å². The Balaban J connectivity index is 2.10. The van der Waals surface area contributed by atoms with Gasteiger partial charge in [-0.15, -0.1) is 0 Å². The molecular weight excluding hydrogens is 268 g/mol. The fraction of sp³-hybridized carbons (Fsp3) is 0.364. The van der Waals surface area contributed by atoms with Crippen molar-refractivity contribution in [2.24, 2.45) is 5.92 Å². The highest BCUT2D eigenvalue weighted by atomic mass is 32.2. The average molecular weight is 282 g/mol. The molecule has 18 heavy (non-hydrogen) atoms. The van der Waals surface area contributed by atoms with Gasteiger partial charge in [0.05, 0.1) is 12.3 Å². The molecule has 0 saturated carbocycles. The number of nitrogen functional groups attached to an aromatic ring is 1. The summed E-state index contributed by atoms with van der Waals surface area (Å²) in [5.41, 5.74) is 6.38. The number of anilines is 1. The van der Waals surface area contributed by atoms with Gasteiger partial charge >= 0.3 is 0 Å². The van der Waals surface area contributed by atoms with Gasteiger partial charge in [0.2, 0.25) is 5.88 Å². The number of ether oxygens (including phenoxy) is 1. The average Bonchev–Trinajstić information content (AvgIpc) is 2.82. The van der Waals surface area contributed by atoms with Crippen LogP contribution >= 0.6 is 23.3 Å². The second kappa shape index (κ2) is 6.01. The number of nitrogens with zero attached hydrogens (tertiary/aromatic N) is 3. The lowest BCUT2D eigenvalue weighted by molar-refractivity contribution is 0.261. The van der Waals surface area contributed by atoms with Gasteiger partial charge in [-0.05, 0) is 41.3 Å². The van der Waals surface area contributed by atoms with Crippen molar-refractivity contribution in [1.82, 2.24) is 14.3 Å². The number of hydrogen-bond acceptors (Lipinski definition) is 7. The molecule has 2 heterocycles. The monoisotopic (exact) mass is 282 g/mol. The van der Waals surface area contributed by atoms with Crippen molar-refractivity contribution < 1.29 is 4.74 Å². The Morgan fingerprint density at radius 1 is 1.44 bits per heavy atom. The van der Waals surface area contributed by atoms with Crippen molar-refractivity contribution >= 4 is 29.0 Å². The molecule has 0 spiro atoms. The molecular formula is C11H14N4OS2. The lowest BCUT2D eigenvalue weighted by atomic mass is 10.2. The summed E-state index contributed by atoms with van der Waals surface area (Å²) in [4.78, 5) is 8.47. The smallest absolute Gasteiger partial charge is 0.238 e. The van der Waals surface area contributed by atoms with Crippen LogP contribution in [0.1, 0.15) is 13.8 Å². The van der Waals surface area contributed by atoms with Gasteiger partial charge in [0.1, 0.15) is 11.4 Å². The molecule has 2 rings (SSSR count). The van der Waals surface area contributed by atoms with Crippen LogP contribution in [0.2, 0.25) is 0 Å². The summed E-state index contributed by atoms with van der Waals surface area (Å²) in [5, 5.41) is 0.805. The second-order valence-corrected chi connectivity index (χ2v) is 6.11. The second-order valence-electron chi connectivity index (χ2n) is 4.06. The van der Waals surface area contributed by atoms with Gasteiger partial charge < -0.3 is 10.5 Å². The molecule has 2 aromatic heterocycles. The van der Waals surface area contributed by atoms with E-state index in [4.69, 9.17) is 10.5 Å². The lowest BCUT2D eigenvalue weighted by Gasteiger charge is -2.10. The van der Waals surface area contributed by atoms with E-state index in [2.05, 4.69) is 28.2 Å². The van der Waals surface area contributed by atoms with Crippen LogP contribution in [0.4, 0.5) is 5.69 Å². The van der Waals surface area contributed by atoms with Gasteiger partial charge in [-0.25, -0.2) is 9.97 Å². The first-order valence-electron chi connectivity index (χ1n) is 5.49. The van der Waals surface area contributed by atoms with E-state index >= 15 is 0 Å². The zero-order chi connectivity index (χ0) is 13.0. The zero-order valence-electron chi connectivity index (χ0n) is 10.2. The Labute approximate surface area is 114 Å². The number of nitrogens with two attached hydrogens (primary N) is 1.